The van der Waals surface area contributed by atoms with Crippen LogP contribution >= 0.6 is 0 Å². The molecule has 0 bridgehead atoms. The number of imidazole rings is 1. The van der Waals surface area contributed by atoms with Gasteiger partial charge in [0.15, 0.2) is 0 Å². The number of aryl methyl sites for hydroxylation is 4. The molecule has 0 unspecified atom stereocenters. The highest BCUT2D eigenvalue weighted by atomic mass is 15.1. The van der Waals surface area contributed by atoms with E-state index in [-0.39, 0.29) is 0 Å². The highest BCUT2D eigenvalue weighted by Gasteiger charge is 2.16. The zero-order valence-corrected chi connectivity index (χ0v) is 15.0. The Bertz CT molecular complexity index is 896. The molecule has 1 aliphatic carbocycles. The molecule has 0 atom stereocenters. The molecule has 0 fully saturated rings. The first kappa shape index (κ1) is 16.1. The van der Waals surface area contributed by atoms with Crippen molar-refractivity contribution in [2.45, 2.75) is 45.4 Å². The Morgan fingerprint density at radius 1 is 1.08 bits per heavy atom. The van der Waals surface area contributed by atoms with Crippen LogP contribution in [0, 0.1) is 6.92 Å². The standard InChI is InChI=1S/C20H25N5/c1-14-22-16-9-4-3-8-15(16)20(23-14)21-13-7-12-19-24-17-10-5-6-11-18(17)25(19)2/h5-6,10-11H,3-4,7-9,12-13H2,1-2H3,(H,21,22,23). The van der Waals surface area contributed by atoms with E-state index in [0.29, 0.717) is 0 Å². The normalized spacial score (nSPS) is 13.8. The largest absolute Gasteiger partial charge is 0.370 e. The topological polar surface area (TPSA) is 55.6 Å². The summed E-state index contributed by atoms with van der Waals surface area (Å²) in [6.07, 6.45) is 6.68. The molecule has 0 spiro atoms. The smallest absolute Gasteiger partial charge is 0.133 e. The molecule has 1 aromatic carbocycles. The molecule has 0 radical (unpaired) electrons. The number of fused-ring (bicyclic) bond motifs is 2. The average Bonchev–Trinajstić information content (AvgIpc) is 2.95. The second kappa shape index (κ2) is 6.82. The van der Waals surface area contributed by atoms with Crippen LogP contribution in [0.5, 0.6) is 0 Å². The highest BCUT2D eigenvalue weighted by molar-refractivity contribution is 5.75. The van der Waals surface area contributed by atoms with Gasteiger partial charge in [-0.2, -0.15) is 0 Å². The number of hydrogen-bond acceptors (Lipinski definition) is 4. The van der Waals surface area contributed by atoms with E-state index in [1.807, 2.05) is 13.0 Å². The number of rotatable bonds is 5. The fourth-order valence-corrected chi connectivity index (χ4v) is 3.74. The minimum atomic E-state index is 0.874. The van der Waals surface area contributed by atoms with E-state index in [1.165, 1.54) is 29.6 Å². The molecule has 130 valence electrons. The predicted molar refractivity (Wildman–Crippen MR) is 101 cm³/mol. The maximum atomic E-state index is 4.75. The molecule has 2 aromatic heterocycles. The SMILES string of the molecule is Cc1nc2c(c(NCCCc3nc4ccccc4n3C)n1)CCCC2. The number of benzene rings is 1. The number of hydrogen-bond donors (Lipinski definition) is 1. The summed E-state index contributed by atoms with van der Waals surface area (Å²) in [5.41, 5.74) is 4.86. The predicted octanol–water partition coefficient (Wildman–Crippen LogP) is 3.60. The van der Waals surface area contributed by atoms with Crippen LogP contribution in [-0.2, 0) is 26.3 Å². The summed E-state index contributed by atoms with van der Waals surface area (Å²) in [5, 5.41) is 3.55. The zero-order chi connectivity index (χ0) is 17.2. The molecule has 0 saturated heterocycles. The van der Waals surface area contributed by atoms with E-state index in [2.05, 4.69) is 45.1 Å². The lowest BCUT2D eigenvalue weighted by Gasteiger charge is -2.19. The molecule has 5 nitrogen and oxygen atoms in total. The van der Waals surface area contributed by atoms with Gasteiger partial charge in [0, 0.05) is 31.3 Å². The van der Waals surface area contributed by atoms with Crippen molar-refractivity contribution in [2.75, 3.05) is 11.9 Å². The maximum Gasteiger partial charge on any atom is 0.133 e. The zero-order valence-electron chi connectivity index (χ0n) is 15.0. The minimum absolute atomic E-state index is 0.874. The molecular formula is C20H25N5. The number of para-hydroxylation sites is 2. The summed E-state index contributed by atoms with van der Waals surface area (Å²) in [6.45, 7) is 2.89. The number of anilines is 1. The van der Waals surface area contributed by atoms with Gasteiger partial charge in [0.25, 0.3) is 0 Å². The van der Waals surface area contributed by atoms with Gasteiger partial charge in [-0.1, -0.05) is 12.1 Å². The molecule has 0 amide bonds. The van der Waals surface area contributed by atoms with Crippen molar-refractivity contribution in [1.29, 1.82) is 0 Å². The number of aromatic nitrogens is 4. The average molecular weight is 335 g/mol. The summed E-state index contributed by atoms with van der Waals surface area (Å²) in [4.78, 5) is 14.0. The third-order valence-corrected chi connectivity index (χ3v) is 5.04. The molecule has 25 heavy (non-hydrogen) atoms. The fourth-order valence-electron chi connectivity index (χ4n) is 3.74. The summed E-state index contributed by atoms with van der Waals surface area (Å²) in [6, 6.07) is 8.31. The molecule has 1 N–H and O–H groups in total. The molecule has 2 heterocycles. The first-order valence-corrected chi connectivity index (χ1v) is 9.23. The molecule has 1 aliphatic rings. The van der Waals surface area contributed by atoms with Crippen LogP contribution in [-0.4, -0.2) is 26.1 Å². The third-order valence-electron chi connectivity index (χ3n) is 5.04. The van der Waals surface area contributed by atoms with Crippen molar-refractivity contribution in [3.05, 3.63) is 47.2 Å². The first-order chi connectivity index (χ1) is 12.2. The minimum Gasteiger partial charge on any atom is -0.370 e. The van der Waals surface area contributed by atoms with E-state index in [0.717, 1.165) is 55.2 Å². The van der Waals surface area contributed by atoms with Gasteiger partial charge in [0.05, 0.1) is 11.0 Å². The van der Waals surface area contributed by atoms with Crippen LogP contribution < -0.4 is 5.32 Å². The second-order valence-electron chi connectivity index (χ2n) is 6.86. The van der Waals surface area contributed by atoms with Gasteiger partial charge in [-0.05, 0) is 51.2 Å². The van der Waals surface area contributed by atoms with E-state index in [1.54, 1.807) is 0 Å². The van der Waals surface area contributed by atoms with Crippen LogP contribution in [0.1, 0.15) is 42.2 Å². The van der Waals surface area contributed by atoms with Crippen molar-refractivity contribution in [2.24, 2.45) is 7.05 Å². The van der Waals surface area contributed by atoms with Crippen LogP contribution in [0.25, 0.3) is 11.0 Å². The Morgan fingerprint density at radius 2 is 1.92 bits per heavy atom. The maximum absolute atomic E-state index is 4.75. The van der Waals surface area contributed by atoms with Crippen molar-refractivity contribution in [3.8, 4) is 0 Å². The summed E-state index contributed by atoms with van der Waals surface area (Å²) >= 11 is 0. The van der Waals surface area contributed by atoms with Crippen LogP contribution in [0.15, 0.2) is 24.3 Å². The van der Waals surface area contributed by atoms with Crippen molar-refractivity contribution in [3.63, 3.8) is 0 Å². The van der Waals surface area contributed by atoms with Crippen molar-refractivity contribution in [1.82, 2.24) is 19.5 Å². The summed E-state index contributed by atoms with van der Waals surface area (Å²) in [5.74, 6) is 3.06. The molecular weight excluding hydrogens is 310 g/mol. The van der Waals surface area contributed by atoms with Gasteiger partial charge < -0.3 is 9.88 Å². The monoisotopic (exact) mass is 335 g/mol. The second-order valence-corrected chi connectivity index (χ2v) is 6.86. The third kappa shape index (κ3) is 3.23. The lowest BCUT2D eigenvalue weighted by molar-refractivity contribution is 0.658. The van der Waals surface area contributed by atoms with Crippen LogP contribution in [0.2, 0.25) is 0 Å². The fraction of sp³-hybridized carbons (Fsp3) is 0.450. The Balaban J connectivity index is 1.41. The van der Waals surface area contributed by atoms with Crippen molar-refractivity contribution >= 4 is 16.9 Å². The Morgan fingerprint density at radius 3 is 2.80 bits per heavy atom. The van der Waals surface area contributed by atoms with Gasteiger partial charge in [-0.3, -0.25) is 0 Å². The lowest BCUT2D eigenvalue weighted by atomic mass is 9.96. The summed E-state index contributed by atoms with van der Waals surface area (Å²) < 4.78 is 2.20. The number of nitrogens with zero attached hydrogens (tertiary/aromatic N) is 4. The Kier molecular flexibility index (Phi) is 4.38. The van der Waals surface area contributed by atoms with E-state index in [4.69, 9.17) is 4.98 Å². The van der Waals surface area contributed by atoms with E-state index in [9.17, 15) is 0 Å². The van der Waals surface area contributed by atoms with Gasteiger partial charge in [0.1, 0.15) is 17.5 Å². The van der Waals surface area contributed by atoms with Crippen molar-refractivity contribution < 1.29 is 0 Å². The Labute approximate surface area is 148 Å². The van der Waals surface area contributed by atoms with E-state index >= 15 is 0 Å². The molecule has 0 saturated carbocycles. The summed E-state index contributed by atoms with van der Waals surface area (Å²) in [7, 11) is 2.10. The molecule has 3 aromatic rings. The Hall–Kier alpha value is -2.43. The first-order valence-electron chi connectivity index (χ1n) is 9.23. The highest BCUT2D eigenvalue weighted by Crippen LogP contribution is 2.25. The van der Waals surface area contributed by atoms with Gasteiger partial charge in [-0.25, -0.2) is 15.0 Å². The quantitative estimate of drug-likeness (QED) is 0.724. The lowest BCUT2D eigenvalue weighted by Crippen LogP contribution is -2.15. The van der Waals surface area contributed by atoms with Gasteiger partial charge in [-0.15, -0.1) is 0 Å². The molecule has 4 rings (SSSR count). The molecule has 0 aliphatic heterocycles. The van der Waals surface area contributed by atoms with E-state index < -0.39 is 0 Å². The molecule has 5 heteroatoms. The van der Waals surface area contributed by atoms with Gasteiger partial charge in [0.2, 0.25) is 0 Å². The number of nitrogens with one attached hydrogen (secondary N) is 1. The van der Waals surface area contributed by atoms with Gasteiger partial charge >= 0.3 is 0 Å². The van der Waals surface area contributed by atoms with Crippen LogP contribution in [0.4, 0.5) is 5.82 Å². The van der Waals surface area contributed by atoms with Crippen LogP contribution in [0.3, 0.4) is 0 Å².